The van der Waals surface area contributed by atoms with Crippen LogP contribution in [0.4, 0.5) is 0 Å². The van der Waals surface area contributed by atoms with Gasteiger partial charge in [-0.25, -0.2) is 4.98 Å². The molecule has 3 aromatic heterocycles. The van der Waals surface area contributed by atoms with E-state index in [-0.39, 0.29) is 0 Å². The SMILES string of the molecule is N#C/C(=C\c1c[nH]c2ncc(-c3cnn(C4CCNCC4)c3)cc12)c1ccccc1. The van der Waals surface area contributed by atoms with Crippen molar-refractivity contribution in [2.45, 2.75) is 18.9 Å². The molecule has 0 aliphatic carbocycles. The van der Waals surface area contributed by atoms with Crippen LogP contribution in [-0.4, -0.2) is 32.8 Å². The van der Waals surface area contributed by atoms with Gasteiger partial charge in [-0.1, -0.05) is 30.3 Å². The predicted octanol–water partition coefficient (Wildman–Crippen LogP) is 4.42. The number of nitriles is 1. The lowest BCUT2D eigenvalue weighted by atomic mass is 10.0. The van der Waals surface area contributed by atoms with Gasteiger partial charge in [0.25, 0.3) is 0 Å². The summed E-state index contributed by atoms with van der Waals surface area (Å²) in [5.41, 5.74) is 5.37. The third kappa shape index (κ3) is 3.51. The van der Waals surface area contributed by atoms with Crippen LogP contribution in [0.2, 0.25) is 0 Å². The smallest absolute Gasteiger partial charge is 0.137 e. The molecule has 0 amide bonds. The quantitative estimate of drug-likeness (QED) is 0.502. The molecular formula is C24H22N6. The maximum Gasteiger partial charge on any atom is 0.137 e. The van der Waals surface area contributed by atoms with Crippen molar-refractivity contribution in [2.75, 3.05) is 13.1 Å². The van der Waals surface area contributed by atoms with Crippen molar-refractivity contribution in [2.24, 2.45) is 0 Å². The van der Waals surface area contributed by atoms with Gasteiger partial charge in [-0.3, -0.25) is 4.68 Å². The second-order valence-corrected chi connectivity index (χ2v) is 7.59. The summed E-state index contributed by atoms with van der Waals surface area (Å²) in [7, 11) is 0. The molecule has 148 valence electrons. The molecule has 0 radical (unpaired) electrons. The highest BCUT2D eigenvalue weighted by atomic mass is 15.3. The summed E-state index contributed by atoms with van der Waals surface area (Å²) >= 11 is 0. The highest BCUT2D eigenvalue weighted by Gasteiger charge is 2.16. The maximum absolute atomic E-state index is 9.65. The molecule has 0 bridgehead atoms. The fourth-order valence-electron chi connectivity index (χ4n) is 4.01. The minimum Gasteiger partial charge on any atom is -0.346 e. The van der Waals surface area contributed by atoms with Crippen LogP contribution in [0.1, 0.15) is 30.0 Å². The van der Waals surface area contributed by atoms with E-state index >= 15 is 0 Å². The Bertz CT molecular complexity index is 1240. The third-order valence-corrected chi connectivity index (χ3v) is 5.69. The summed E-state index contributed by atoms with van der Waals surface area (Å²) < 4.78 is 2.08. The summed E-state index contributed by atoms with van der Waals surface area (Å²) in [6.07, 6.45) is 11.9. The van der Waals surface area contributed by atoms with Gasteiger partial charge < -0.3 is 10.3 Å². The molecule has 30 heavy (non-hydrogen) atoms. The lowest BCUT2D eigenvalue weighted by Gasteiger charge is -2.22. The first kappa shape index (κ1) is 18.3. The first-order valence-corrected chi connectivity index (χ1v) is 10.2. The number of nitrogens with zero attached hydrogens (tertiary/aromatic N) is 4. The Labute approximate surface area is 174 Å². The number of hydrogen-bond acceptors (Lipinski definition) is 4. The predicted molar refractivity (Wildman–Crippen MR) is 118 cm³/mol. The van der Waals surface area contributed by atoms with Gasteiger partial charge in [-0.05, 0) is 43.6 Å². The number of aromatic nitrogens is 4. The fraction of sp³-hybridized carbons (Fsp3) is 0.208. The molecule has 0 saturated carbocycles. The summed E-state index contributed by atoms with van der Waals surface area (Å²) in [6.45, 7) is 2.07. The van der Waals surface area contributed by atoms with Gasteiger partial charge in [0.1, 0.15) is 5.65 Å². The van der Waals surface area contributed by atoms with Crippen LogP contribution in [0, 0.1) is 11.3 Å². The normalized spacial score (nSPS) is 15.4. The van der Waals surface area contributed by atoms with Gasteiger partial charge in [0.2, 0.25) is 0 Å². The summed E-state index contributed by atoms with van der Waals surface area (Å²) in [5, 5.41) is 18.6. The van der Waals surface area contributed by atoms with E-state index in [0.717, 1.165) is 59.2 Å². The second kappa shape index (κ2) is 7.97. The minimum atomic E-state index is 0.450. The number of fused-ring (bicyclic) bond motifs is 1. The molecule has 1 aliphatic heterocycles. The summed E-state index contributed by atoms with van der Waals surface area (Å²) in [6, 6.07) is 14.6. The van der Waals surface area contributed by atoms with Crippen LogP contribution < -0.4 is 5.32 Å². The van der Waals surface area contributed by atoms with E-state index in [1.807, 2.05) is 55.0 Å². The molecule has 6 heteroatoms. The lowest BCUT2D eigenvalue weighted by molar-refractivity contribution is 0.343. The molecular weight excluding hydrogens is 372 g/mol. The number of pyridine rings is 1. The van der Waals surface area contributed by atoms with Crippen LogP contribution in [0.3, 0.4) is 0 Å². The van der Waals surface area contributed by atoms with Gasteiger partial charge in [-0.15, -0.1) is 0 Å². The Morgan fingerprint density at radius 3 is 2.77 bits per heavy atom. The van der Waals surface area contributed by atoms with Gasteiger partial charge in [0.15, 0.2) is 0 Å². The Kier molecular flexibility index (Phi) is 4.88. The van der Waals surface area contributed by atoms with E-state index in [0.29, 0.717) is 11.6 Å². The van der Waals surface area contributed by atoms with Crippen LogP contribution in [0.15, 0.2) is 61.2 Å². The van der Waals surface area contributed by atoms with E-state index in [9.17, 15) is 5.26 Å². The minimum absolute atomic E-state index is 0.450. The van der Waals surface area contributed by atoms with Crippen LogP contribution >= 0.6 is 0 Å². The van der Waals surface area contributed by atoms with E-state index in [1.165, 1.54) is 0 Å². The average Bonchev–Trinajstić information content (AvgIpc) is 3.46. The number of allylic oxidation sites excluding steroid dienone is 1. The Morgan fingerprint density at radius 1 is 1.13 bits per heavy atom. The number of H-pyrrole nitrogens is 1. The van der Waals surface area contributed by atoms with Gasteiger partial charge in [0, 0.05) is 40.7 Å². The van der Waals surface area contributed by atoms with Crippen molar-refractivity contribution in [1.82, 2.24) is 25.1 Å². The van der Waals surface area contributed by atoms with E-state index in [4.69, 9.17) is 0 Å². The topological polar surface area (TPSA) is 82.3 Å². The molecule has 1 saturated heterocycles. The number of aromatic amines is 1. The molecule has 0 unspecified atom stereocenters. The van der Waals surface area contributed by atoms with Crippen LogP contribution in [-0.2, 0) is 0 Å². The molecule has 2 N–H and O–H groups in total. The second-order valence-electron chi connectivity index (χ2n) is 7.59. The lowest BCUT2D eigenvalue weighted by Crippen LogP contribution is -2.29. The molecule has 6 nitrogen and oxygen atoms in total. The van der Waals surface area contributed by atoms with E-state index < -0.39 is 0 Å². The molecule has 0 spiro atoms. The zero-order chi connectivity index (χ0) is 20.3. The van der Waals surface area contributed by atoms with Crippen molar-refractivity contribution in [3.63, 3.8) is 0 Å². The third-order valence-electron chi connectivity index (χ3n) is 5.69. The summed E-state index contributed by atoms with van der Waals surface area (Å²) in [4.78, 5) is 7.80. The zero-order valence-corrected chi connectivity index (χ0v) is 16.5. The largest absolute Gasteiger partial charge is 0.346 e. The van der Waals surface area contributed by atoms with Gasteiger partial charge in [0.05, 0.1) is 23.9 Å². The number of hydrogen-bond donors (Lipinski definition) is 2. The van der Waals surface area contributed by atoms with Crippen molar-refractivity contribution >= 4 is 22.7 Å². The fourth-order valence-corrected chi connectivity index (χ4v) is 4.01. The van der Waals surface area contributed by atoms with Crippen LogP contribution in [0.25, 0.3) is 33.8 Å². The summed E-state index contributed by atoms with van der Waals surface area (Å²) in [5.74, 6) is 0. The van der Waals surface area contributed by atoms with Crippen LogP contribution in [0.5, 0.6) is 0 Å². The number of benzene rings is 1. The van der Waals surface area contributed by atoms with Crippen molar-refractivity contribution in [1.29, 1.82) is 5.26 Å². The number of piperidine rings is 1. The number of nitrogens with one attached hydrogen (secondary N) is 2. The maximum atomic E-state index is 9.65. The van der Waals surface area contributed by atoms with Gasteiger partial charge >= 0.3 is 0 Å². The Hall–Kier alpha value is -3.69. The van der Waals surface area contributed by atoms with E-state index in [1.54, 1.807) is 0 Å². The monoisotopic (exact) mass is 394 g/mol. The van der Waals surface area contributed by atoms with Gasteiger partial charge in [-0.2, -0.15) is 10.4 Å². The Balaban J connectivity index is 1.50. The number of rotatable bonds is 4. The molecule has 4 heterocycles. The molecule has 1 aliphatic rings. The molecule has 1 fully saturated rings. The standard InChI is InChI=1S/C24H22N6/c25-12-18(17-4-2-1-3-5-17)10-20-14-28-24-23(20)11-19(13-27-24)21-15-29-30(16-21)22-6-8-26-9-7-22/h1-5,10-11,13-16,22,26H,6-9H2,(H,27,28)/b18-10+. The highest BCUT2D eigenvalue weighted by molar-refractivity contribution is 5.97. The molecule has 0 atom stereocenters. The first-order chi connectivity index (χ1) is 14.8. The highest BCUT2D eigenvalue weighted by Crippen LogP contribution is 2.28. The first-order valence-electron chi connectivity index (χ1n) is 10.2. The average molecular weight is 394 g/mol. The van der Waals surface area contributed by atoms with E-state index in [2.05, 4.69) is 43.4 Å². The Morgan fingerprint density at radius 2 is 1.97 bits per heavy atom. The van der Waals surface area contributed by atoms with Crippen molar-refractivity contribution < 1.29 is 0 Å². The molecule has 5 rings (SSSR count). The zero-order valence-electron chi connectivity index (χ0n) is 16.5. The van der Waals surface area contributed by atoms with Crippen molar-refractivity contribution in [3.05, 3.63) is 72.3 Å². The molecule has 1 aromatic carbocycles. The van der Waals surface area contributed by atoms with Crippen molar-refractivity contribution in [3.8, 4) is 17.2 Å². The molecule has 4 aromatic rings.